The molecule has 1 unspecified atom stereocenters. The van der Waals surface area contributed by atoms with Crippen LogP contribution in [0, 0.1) is 0 Å². The van der Waals surface area contributed by atoms with E-state index in [4.69, 9.17) is 14.2 Å². The number of ether oxygens (including phenoxy) is 3. The van der Waals surface area contributed by atoms with Crippen molar-refractivity contribution in [1.82, 2.24) is 0 Å². The number of hydrogen-bond donors (Lipinski definition) is 0. The van der Waals surface area contributed by atoms with Gasteiger partial charge in [0.25, 0.3) is 0 Å². The van der Waals surface area contributed by atoms with Crippen LogP contribution >= 0.6 is 0 Å². The highest BCUT2D eigenvalue weighted by Gasteiger charge is 2.19. The summed E-state index contributed by atoms with van der Waals surface area (Å²) in [5.41, 5.74) is 0. The van der Waals surface area contributed by atoms with Crippen molar-refractivity contribution in [3.8, 4) is 0 Å². The van der Waals surface area contributed by atoms with Crippen molar-refractivity contribution in [3.05, 3.63) is 12.2 Å². The third-order valence-corrected chi connectivity index (χ3v) is 15.3. The third-order valence-electron chi connectivity index (χ3n) is 15.3. The van der Waals surface area contributed by atoms with Crippen molar-refractivity contribution < 1.29 is 28.6 Å². The Hall–Kier alpha value is -1.85. The smallest absolute Gasteiger partial charge is 0.306 e. The van der Waals surface area contributed by atoms with Crippen LogP contribution in [0.3, 0.4) is 0 Å². The summed E-state index contributed by atoms with van der Waals surface area (Å²) in [5.74, 6) is -0.832. The summed E-state index contributed by atoms with van der Waals surface area (Å²) < 4.78 is 17.0. The number of allylic oxidation sites excluding steroid dienone is 2. The molecule has 0 aromatic carbocycles. The molecule has 0 radical (unpaired) electrons. The first-order valence-electron chi connectivity index (χ1n) is 33.2. The van der Waals surface area contributed by atoms with E-state index in [1.54, 1.807) is 0 Å². The molecule has 0 amide bonds. The van der Waals surface area contributed by atoms with Gasteiger partial charge in [0.1, 0.15) is 13.2 Å². The first-order chi connectivity index (χ1) is 36.0. The monoisotopic (exact) mass is 1030 g/mol. The zero-order valence-corrected chi connectivity index (χ0v) is 49.7. The van der Waals surface area contributed by atoms with E-state index in [0.29, 0.717) is 19.3 Å². The van der Waals surface area contributed by atoms with Gasteiger partial charge in [-0.1, -0.05) is 328 Å². The van der Waals surface area contributed by atoms with Crippen LogP contribution in [0.15, 0.2) is 12.2 Å². The molecule has 0 aliphatic carbocycles. The Balaban J connectivity index is 4.19. The maximum Gasteiger partial charge on any atom is 0.306 e. The molecule has 0 saturated heterocycles. The van der Waals surface area contributed by atoms with Crippen LogP contribution in [0.25, 0.3) is 0 Å². The quantitative estimate of drug-likeness (QED) is 0.0261. The lowest BCUT2D eigenvalue weighted by atomic mass is 10.0. The molecule has 0 aliphatic heterocycles. The van der Waals surface area contributed by atoms with Gasteiger partial charge >= 0.3 is 17.9 Å². The zero-order valence-electron chi connectivity index (χ0n) is 49.7. The normalized spacial score (nSPS) is 12.0. The van der Waals surface area contributed by atoms with Gasteiger partial charge in [-0.2, -0.15) is 0 Å². The Morgan fingerprint density at radius 1 is 0.260 bits per heavy atom. The molecule has 73 heavy (non-hydrogen) atoms. The fourth-order valence-electron chi connectivity index (χ4n) is 10.3. The third kappa shape index (κ3) is 60.9. The molecule has 0 fully saturated rings. The Labute approximate surface area is 456 Å². The van der Waals surface area contributed by atoms with Crippen molar-refractivity contribution in [1.29, 1.82) is 0 Å². The second kappa shape index (κ2) is 62.7. The van der Waals surface area contributed by atoms with Gasteiger partial charge in [-0.15, -0.1) is 0 Å². The minimum absolute atomic E-state index is 0.0629. The summed E-state index contributed by atoms with van der Waals surface area (Å²) in [6, 6.07) is 0. The highest BCUT2D eigenvalue weighted by molar-refractivity contribution is 5.71. The molecule has 0 aliphatic rings. The molecule has 1 atom stereocenters. The molecule has 0 spiro atoms. The number of hydrogen-bond acceptors (Lipinski definition) is 6. The zero-order chi connectivity index (χ0) is 52.9. The SMILES string of the molecule is CCCCCCCCCC/C=C\CCCCCCCCCCCCCCCC(=O)OCC(COC(=O)CCCCCCCCCCCCCC)OC(=O)CCCCCCCCCCCCCCCCCCCC. The van der Waals surface area contributed by atoms with Gasteiger partial charge in [0, 0.05) is 19.3 Å². The minimum atomic E-state index is -0.764. The minimum Gasteiger partial charge on any atom is -0.462 e. The van der Waals surface area contributed by atoms with Gasteiger partial charge in [-0.3, -0.25) is 14.4 Å². The van der Waals surface area contributed by atoms with Crippen molar-refractivity contribution in [2.75, 3.05) is 13.2 Å². The molecule has 0 saturated carbocycles. The van der Waals surface area contributed by atoms with Crippen molar-refractivity contribution in [2.24, 2.45) is 0 Å². The fourth-order valence-corrected chi connectivity index (χ4v) is 10.3. The lowest BCUT2D eigenvalue weighted by Crippen LogP contribution is -2.30. The Bertz CT molecular complexity index is 1130. The van der Waals surface area contributed by atoms with Crippen LogP contribution in [-0.4, -0.2) is 37.2 Å². The van der Waals surface area contributed by atoms with Gasteiger partial charge in [0.15, 0.2) is 6.10 Å². The van der Waals surface area contributed by atoms with Crippen LogP contribution in [0.5, 0.6) is 0 Å². The van der Waals surface area contributed by atoms with Gasteiger partial charge in [-0.25, -0.2) is 0 Å². The van der Waals surface area contributed by atoms with Crippen LogP contribution in [-0.2, 0) is 28.6 Å². The molecule has 0 bridgehead atoms. The Morgan fingerprint density at radius 3 is 0.685 bits per heavy atom. The van der Waals surface area contributed by atoms with E-state index in [-0.39, 0.29) is 31.1 Å². The van der Waals surface area contributed by atoms with E-state index < -0.39 is 6.10 Å². The molecular weight excluding hydrogens is 901 g/mol. The van der Waals surface area contributed by atoms with E-state index in [0.717, 1.165) is 57.8 Å². The average Bonchev–Trinajstić information content (AvgIpc) is 3.39. The Kier molecular flexibility index (Phi) is 61.1. The second-order valence-electron chi connectivity index (χ2n) is 22.7. The molecule has 0 rings (SSSR count). The van der Waals surface area contributed by atoms with E-state index in [2.05, 4.69) is 32.9 Å². The van der Waals surface area contributed by atoms with Crippen molar-refractivity contribution in [3.63, 3.8) is 0 Å². The number of carbonyl (C=O) groups excluding carboxylic acids is 3. The molecule has 0 N–H and O–H groups in total. The lowest BCUT2D eigenvalue weighted by Gasteiger charge is -2.18. The molecule has 6 heteroatoms. The summed E-state index contributed by atoms with van der Waals surface area (Å²) in [6.07, 6.45) is 73.7. The van der Waals surface area contributed by atoms with Gasteiger partial charge in [0.2, 0.25) is 0 Å². The van der Waals surface area contributed by atoms with E-state index >= 15 is 0 Å². The molecule has 0 aromatic heterocycles. The van der Waals surface area contributed by atoms with Crippen molar-refractivity contribution >= 4 is 17.9 Å². The number of unbranched alkanes of at least 4 members (excludes halogenated alkanes) is 49. The predicted octanol–water partition coefficient (Wildman–Crippen LogP) is 22.4. The van der Waals surface area contributed by atoms with E-state index in [1.165, 1.54) is 283 Å². The molecular formula is C67H128O6. The summed E-state index contributed by atoms with van der Waals surface area (Å²) in [4.78, 5) is 38.3. The topological polar surface area (TPSA) is 78.9 Å². The average molecular weight is 1030 g/mol. The summed E-state index contributed by atoms with van der Waals surface area (Å²) in [7, 11) is 0. The number of carbonyl (C=O) groups is 3. The highest BCUT2D eigenvalue weighted by Crippen LogP contribution is 2.18. The first-order valence-corrected chi connectivity index (χ1v) is 33.2. The molecule has 6 nitrogen and oxygen atoms in total. The highest BCUT2D eigenvalue weighted by atomic mass is 16.6. The van der Waals surface area contributed by atoms with Crippen LogP contribution < -0.4 is 0 Å². The van der Waals surface area contributed by atoms with Gasteiger partial charge in [0.05, 0.1) is 0 Å². The molecule has 0 heterocycles. The van der Waals surface area contributed by atoms with Crippen molar-refractivity contribution in [2.45, 2.75) is 386 Å². The largest absolute Gasteiger partial charge is 0.462 e. The maximum absolute atomic E-state index is 12.9. The lowest BCUT2D eigenvalue weighted by molar-refractivity contribution is -0.167. The Morgan fingerprint density at radius 2 is 0.452 bits per heavy atom. The van der Waals surface area contributed by atoms with Gasteiger partial charge in [-0.05, 0) is 44.9 Å². The summed E-state index contributed by atoms with van der Waals surface area (Å²) in [6.45, 7) is 6.71. The molecule has 0 aromatic rings. The first kappa shape index (κ1) is 71.2. The fraction of sp³-hybridized carbons (Fsp3) is 0.925. The van der Waals surface area contributed by atoms with E-state index in [1.807, 2.05) is 0 Å². The molecule has 432 valence electrons. The van der Waals surface area contributed by atoms with Crippen LogP contribution in [0.1, 0.15) is 380 Å². The van der Waals surface area contributed by atoms with Crippen LogP contribution in [0.4, 0.5) is 0 Å². The standard InChI is InChI=1S/C67H128O6/c1-4-7-10-13-16-19-22-25-27-29-31-32-33-34-35-36-37-39-40-42-45-48-51-54-57-60-66(69)72-63-64(62-71-65(68)59-56-53-50-47-44-24-21-18-15-12-9-6-3)73-67(70)61-58-55-52-49-46-43-41-38-30-28-26-23-20-17-14-11-8-5-2/h29,31,64H,4-28,30,32-63H2,1-3H3/b31-29-. The summed E-state index contributed by atoms with van der Waals surface area (Å²) >= 11 is 0. The summed E-state index contributed by atoms with van der Waals surface area (Å²) in [5, 5.41) is 0. The predicted molar refractivity (Wildman–Crippen MR) is 317 cm³/mol. The second-order valence-corrected chi connectivity index (χ2v) is 22.7. The van der Waals surface area contributed by atoms with Gasteiger partial charge < -0.3 is 14.2 Å². The maximum atomic E-state index is 12.9. The van der Waals surface area contributed by atoms with Crippen LogP contribution in [0.2, 0.25) is 0 Å². The number of esters is 3. The number of rotatable bonds is 62. The van der Waals surface area contributed by atoms with E-state index in [9.17, 15) is 14.4 Å².